The third-order valence-electron chi connectivity index (χ3n) is 6.70. The summed E-state index contributed by atoms with van der Waals surface area (Å²) < 4.78 is 5.19. The molecular weight excluding hydrogens is 284 g/mol. The molecule has 1 aromatic rings. The first kappa shape index (κ1) is 16.5. The highest BCUT2D eigenvalue weighted by Gasteiger charge is 2.55. The fourth-order valence-corrected chi connectivity index (χ4v) is 5.35. The van der Waals surface area contributed by atoms with Crippen LogP contribution in [0, 0.1) is 11.3 Å². The van der Waals surface area contributed by atoms with E-state index in [9.17, 15) is 4.79 Å². The molecule has 23 heavy (non-hydrogen) atoms. The topological polar surface area (TPSA) is 26.3 Å². The molecule has 3 atom stereocenters. The van der Waals surface area contributed by atoms with Crippen LogP contribution in [-0.4, -0.2) is 13.1 Å². The van der Waals surface area contributed by atoms with E-state index in [1.165, 1.54) is 30.2 Å². The van der Waals surface area contributed by atoms with Gasteiger partial charge < -0.3 is 4.74 Å². The fraction of sp³-hybridized carbons (Fsp3) is 0.667. The summed E-state index contributed by atoms with van der Waals surface area (Å²) in [7, 11) is 1.53. The largest absolute Gasteiger partial charge is 0.469 e. The lowest BCUT2D eigenvalue weighted by molar-refractivity contribution is -0.161. The van der Waals surface area contributed by atoms with Gasteiger partial charge in [-0.05, 0) is 66.5 Å². The Morgan fingerprint density at radius 2 is 2.00 bits per heavy atom. The normalized spacial score (nSPS) is 33.0. The van der Waals surface area contributed by atoms with E-state index in [1.54, 1.807) is 0 Å². The number of fused-ring (bicyclic) bond motifs is 3. The monoisotopic (exact) mass is 314 g/mol. The molecule has 0 aromatic heterocycles. The van der Waals surface area contributed by atoms with E-state index in [4.69, 9.17) is 4.74 Å². The number of ether oxygens (including phenoxy) is 1. The number of aryl methyl sites for hydroxylation is 1. The zero-order valence-electron chi connectivity index (χ0n) is 15.2. The molecule has 0 spiro atoms. The van der Waals surface area contributed by atoms with Crippen molar-refractivity contribution in [1.29, 1.82) is 0 Å². The van der Waals surface area contributed by atoms with Crippen LogP contribution >= 0.6 is 0 Å². The van der Waals surface area contributed by atoms with Crippen LogP contribution in [0.3, 0.4) is 0 Å². The number of hydrogen-bond donors (Lipinski definition) is 0. The van der Waals surface area contributed by atoms with Gasteiger partial charge >= 0.3 is 5.97 Å². The third kappa shape index (κ3) is 2.42. The van der Waals surface area contributed by atoms with Gasteiger partial charge in [-0.1, -0.05) is 45.4 Å². The Labute approximate surface area is 140 Å². The van der Waals surface area contributed by atoms with Gasteiger partial charge in [-0.15, -0.1) is 0 Å². The van der Waals surface area contributed by atoms with Crippen molar-refractivity contribution in [3.05, 3.63) is 34.9 Å². The Morgan fingerprint density at radius 1 is 1.26 bits per heavy atom. The van der Waals surface area contributed by atoms with Crippen LogP contribution in [-0.2, 0) is 21.4 Å². The average molecular weight is 314 g/mol. The van der Waals surface area contributed by atoms with E-state index < -0.39 is 0 Å². The second-order valence-corrected chi connectivity index (χ2v) is 8.34. The summed E-state index contributed by atoms with van der Waals surface area (Å²) in [6.45, 7) is 9.02. The molecule has 2 aliphatic rings. The van der Waals surface area contributed by atoms with E-state index in [1.807, 2.05) is 0 Å². The number of carbonyl (C=O) groups excluding carboxylic acids is 1. The number of methoxy groups -OCH3 is 1. The van der Waals surface area contributed by atoms with Crippen LogP contribution in [0.5, 0.6) is 0 Å². The predicted molar refractivity (Wildman–Crippen MR) is 93.7 cm³/mol. The van der Waals surface area contributed by atoms with Gasteiger partial charge in [-0.3, -0.25) is 4.79 Å². The van der Waals surface area contributed by atoms with Crippen molar-refractivity contribution in [2.45, 2.75) is 71.1 Å². The smallest absolute Gasteiger partial charge is 0.311 e. The third-order valence-corrected chi connectivity index (χ3v) is 6.70. The van der Waals surface area contributed by atoms with Crippen LogP contribution in [0.2, 0.25) is 0 Å². The maximum atomic E-state index is 12.5. The number of hydrogen-bond acceptors (Lipinski definition) is 2. The van der Waals surface area contributed by atoms with E-state index in [2.05, 4.69) is 45.9 Å². The van der Waals surface area contributed by atoms with Crippen LogP contribution in [0.1, 0.15) is 76.0 Å². The Balaban J connectivity index is 2.06. The summed E-state index contributed by atoms with van der Waals surface area (Å²) >= 11 is 0. The molecule has 0 N–H and O–H groups in total. The molecule has 1 aromatic carbocycles. The van der Waals surface area contributed by atoms with Crippen molar-refractivity contribution >= 4 is 5.97 Å². The molecule has 126 valence electrons. The lowest BCUT2D eigenvalue weighted by Crippen LogP contribution is -2.52. The summed E-state index contributed by atoms with van der Waals surface area (Å²) in [5.41, 5.74) is 4.18. The molecule has 2 unspecified atom stereocenters. The molecule has 0 aliphatic heterocycles. The molecule has 0 radical (unpaired) electrons. The fourth-order valence-electron chi connectivity index (χ4n) is 5.35. The number of rotatable bonds is 2. The van der Waals surface area contributed by atoms with Gasteiger partial charge in [0.25, 0.3) is 0 Å². The molecule has 1 saturated carbocycles. The highest BCUT2D eigenvalue weighted by molar-refractivity contribution is 5.77. The van der Waals surface area contributed by atoms with E-state index in [-0.39, 0.29) is 16.8 Å². The zero-order valence-corrected chi connectivity index (χ0v) is 15.2. The minimum atomic E-state index is -0.337. The van der Waals surface area contributed by atoms with Crippen LogP contribution < -0.4 is 0 Å². The molecule has 2 heteroatoms. The van der Waals surface area contributed by atoms with Crippen LogP contribution in [0.15, 0.2) is 18.2 Å². The Morgan fingerprint density at radius 3 is 2.65 bits per heavy atom. The molecule has 0 heterocycles. The minimum Gasteiger partial charge on any atom is -0.469 e. The molecule has 3 rings (SSSR count). The van der Waals surface area contributed by atoms with Crippen molar-refractivity contribution in [1.82, 2.24) is 0 Å². The second kappa shape index (κ2) is 5.65. The molecular formula is C21H30O2. The molecule has 2 nitrogen and oxygen atoms in total. The summed E-state index contributed by atoms with van der Waals surface area (Å²) in [6, 6.07) is 7.05. The highest BCUT2D eigenvalue weighted by atomic mass is 16.5. The lowest BCUT2D eigenvalue weighted by atomic mass is 9.49. The quantitative estimate of drug-likeness (QED) is 0.719. The zero-order chi connectivity index (χ0) is 16.8. The Bertz CT molecular complexity index is 618. The Kier molecular flexibility index (Phi) is 4.06. The minimum absolute atomic E-state index is 0.0179. The SMILES string of the molecule is COC(=O)[C@]1(C)CCCC2(C)c3ccc(C(C)C)cc3CCC21. The maximum Gasteiger partial charge on any atom is 0.311 e. The van der Waals surface area contributed by atoms with Gasteiger partial charge in [-0.25, -0.2) is 0 Å². The summed E-state index contributed by atoms with van der Waals surface area (Å²) in [6.07, 6.45) is 5.42. The van der Waals surface area contributed by atoms with Crippen LogP contribution in [0.4, 0.5) is 0 Å². The van der Waals surface area contributed by atoms with Gasteiger partial charge in [0.2, 0.25) is 0 Å². The number of esters is 1. The molecule has 0 amide bonds. The first-order valence-corrected chi connectivity index (χ1v) is 9.04. The van der Waals surface area contributed by atoms with Crippen molar-refractivity contribution in [3.63, 3.8) is 0 Å². The molecule has 0 bridgehead atoms. The molecule has 2 aliphatic carbocycles. The summed E-state index contributed by atoms with van der Waals surface area (Å²) in [4.78, 5) is 12.5. The second-order valence-electron chi connectivity index (χ2n) is 8.34. The van der Waals surface area contributed by atoms with E-state index in [0.29, 0.717) is 11.8 Å². The molecule has 0 saturated heterocycles. The first-order chi connectivity index (χ1) is 10.8. The van der Waals surface area contributed by atoms with E-state index in [0.717, 1.165) is 25.7 Å². The molecule has 1 fully saturated rings. The highest BCUT2D eigenvalue weighted by Crippen LogP contribution is 2.57. The van der Waals surface area contributed by atoms with Crippen molar-refractivity contribution in [3.8, 4) is 0 Å². The van der Waals surface area contributed by atoms with Gasteiger partial charge in [0.05, 0.1) is 12.5 Å². The van der Waals surface area contributed by atoms with Crippen molar-refractivity contribution < 1.29 is 9.53 Å². The van der Waals surface area contributed by atoms with Crippen LogP contribution in [0.25, 0.3) is 0 Å². The van der Waals surface area contributed by atoms with Gasteiger partial charge in [0.15, 0.2) is 0 Å². The van der Waals surface area contributed by atoms with Gasteiger partial charge in [0, 0.05) is 0 Å². The predicted octanol–water partition coefficient (Wildman–Crippen LogP) is 4.99. The first-order valence-electron chi connectivity index (χ1n) is 9.04. The van der Waals surface area contributed by atoms with E-state index >= 15 is 0 Å². The van der Waals surface area contributed by atoms with Gasteiger partial charge in [0.1, 0.15) is 0 Å². The lowest BCUT2D eigenvalue weighted by Gasteiger charge is -2.54. The maximum absolute atomic E-state index is 12.5. The van der Waals surface area contributed by atoms with Gasteiger partial charge in [-0.2, -0.15) is 0 Å². The summed E-state index contributed by atoms with van der Waals surface area (Å²) in [5.74, 6) is 0.932. The Hall–Kier alpha value is -1.31. The van der Waals surface area contributed by atoms with Crippen molar-refractivity contribution in [2.75, 3.05) is 7.11 Å². The number of carbonyl (C=O) groups is 1. The van der Waals surface area contributed by atoms with Crippen molar-refractivity contribution in [2.24, 2.45) is 11.3 Å². The average Bonchev–Trinajstić information content (AvgIpc) is 2.53. The summed E-state index contributed by atoms with van der Waals surface area (Å²) in [5, 5.41) is 0. The number of benzene rings is 1. The standard InChI is InChI=1S/C21H30O2/c1-14(2)15-7-9-17-16(13-15)8-10-18-20(17,3)11-6-12-21(18,4)19(22)23-5/h7,9,13-14,18H,6,8,10-12H2,1-5H3/t18?,20?,21-/m1/s1.